The minimum atomic E-state index is 0.457. The van der Waals surface area contributed by atoms with Crippen LogP contribution in [0.3, 0.4) is 0 Å². The fourth-order valence-corrected chi connectivity index (χ4v) is 2.36. The summed E-state index contributed by atoms with van der Waals surface area (Å²) in [7, 11) is 2.06. The summed E-state index contributed by atoms with van der Waals surface area (Å²) in [6, 6.07) is 3.31. The maximum absolute atomic E-state index is 4.60. The number of aromatic nitrogens is 2. The minimum Gasteiger partial charge on any atom is -0.317 e. The van der Waals surface area contributed by atoms with E-state index < -0.39 is 0 Å². The van der Waals surface area contributed by atoms with Crippen LogP contribution >= 0.6 is 0 Å². The monoisotopic (exact) mass is 236 g/mol. The van der Waals surface area contributed by atoms with Crippen molar-refractivity contribution in [1.29, 1.82) is 0 Å². The quantitative estimate of drug-likeness (QED) is 0.863. The molecule has 0 unspecified atom stereocenters. The largest absolute Gasteiger partial charge is 0.317 e. The van der Waals surface area contributed by atoms with Gasteiger partial charge in [0, 0.05) is 37.9 Å². The van der Waals surface area contributed by atoms with Gasteiger partial charge < -0.3 is 5.32 Å². The van der Waals surface area contributed by atoms with E-state index in [0.717, 1.165) is 6.54 Å². The van der Waals surface area contributed by atoms with Crippen LogP contribution in [-0.4, -0.2) is 40.9 Å². The van der Waals surface area contributed by atoms with Crippen molar-refractivity contribution in [1.82, 2.24) is 20.0 Å². The van der Waals surface area contributed by atoms with Gasteiger partial charge in [0.1, 0.15) is 0 Å². The van der Waals surface area contributed by atoms with Crippen LogP contribution in [0.5, 0.6) is 0 Å². The van der Waals surface area contributed by atoms with E-state index in [9.17, 15) is 0 Å². The van der Waals surface area contributed by atoms with Gasteiger partial charge in [-0.1, -0.05) is 0 Å². The maximum Gasteiger partial charge on any atom is 0.0764 e. The lowest BCUT2D eigenvalue weighted by atomic mass is 10.1. The summed E-state index contributed by atoms with van der Waals surface area (Å²) in [6.45, 7) is 7.68. The van der Waals surface area contributed by atoms with Crippen LogP contribution < -0.4 is 5.32 Å². The molecule has 1 fully saturated rings. The van der Waals surface area contributed by atoms with E-state index in [1.54, 1.807) is 0 Å². The molecule has 96 valence electrons. The van der Waals surface area contributed by atoms with Gasteiger partial charge >= 0.3 is 0 Å². The number of rotatable bonds is 4. The summed E-state index contributed by atoms with van der Waals surface area (Å²) in [4.78, 5) is 2.50. The third kappa shape index (κ3) is 3.30. The first-order valence-corrected chi connectivity index (χ1v) is 6.62. The summed E-state index contributed by atoms with van der Waals surface area (Å²) >= 11 is 0. The predicted molar refractivity (Wildman–Crippen MR) is 70.0 cm³/mol. The first-order chi connectivity index (χ1) is 8.19. The molecule has 17 heavy (non-hydrogen) atoms. The van der Waals surface area contributed by atoms with Gasteiger partial charge in [-0.05, 0) is 39.8 Å². The first-order valence-electron chi connectivity index (χ1n) is 6.62. The van der Waals surface area contributed by atoms with Crippen molar-refractivity contribution in [2.75, 3.05) is 20.1 Å². The van der Waals surface area contributed by atoms with E-state index in [2.05, 4.69) is 48.5 Å². The van der Waals surface area contributed by atoms with E-state index in [1.807, 2.05) is 4.68 Å². The molecule has 1 aliphatic rings. The average molecular weight is 236 g/mol. The Labute approximate surface area is 104 Å². The highest BCUT2D eigenvalue weighted by Gasteiger charge is 2.18. The van der Waals surface area contributed by atoms with Gasteiger partial charge in [0.15, 0.2) is 0 Å². The summed E-state index contributed by atoms with van der Waals surface area (Å²) in [5, 5.41) is 7.96. The van der Waals surface area contributed by atoms with Crippen molar-refractivity contribution >= 4 is 0 Å². The molecule has 0 saturated carbocycles. The van der Waals surface area contributed by atoms with E-state index >= 15 is 0 Å². The average Bonchev–Trinajstić information content (AvgIpc) is 2.79. The van der Waals surface area contributed by atoms with E-state index in [0.29, 0.717) is 12.1 Å². The third-order valence-electron chi connectivity index (χ3n) is 3.57. The van der Waals surface area contributed by atoms with E-state index in [1.165, 1.54) is 31.6 Å². The molecule has 0 spiro atoms. The topological polar surface area (TPSA) is 33.1 Å². The van der Waals surface area contributed by atoms with Gasteiger partial charge in [0.2, 0.25) is 0 Å². The summed E-state index contributed by atoms with van der Waals surface area (Å²) in [5.74, 6) is 0. The molecule has 0 aromatic carbocycles. The summed E-state index contributed by atoms with van der Waals surface area (Å²) in [5.41, 5.74) is 1.20. The van der Waals surface area contributed by atoms with Crippen LogP contribution in [-0.2, 0) is 6.54 Å². The molecule has 0 bridgehead atoms. The lowest BCUT2D eigenvalue weighted by molar-refractivity contribution is 0.192. The molecular formula is C13H24N4. The Morgan fingerprint density at radius 2 is 2.12 bits per heavy atom. The Morgan fingerprint density at radius 1 is 1.41 bits per heavy atom. The zero-order valence-corrected chi connectivity index (χ0v) is 11.2. The van der Waals surface area contributed by atoms with E-state index in [4.69, 9.17) is 0 Å². The molecule has 0 atom stereocenters. The molecule has 4 nitrogen and oxygen atoms in total. The molecule has 1 aromatic rings. The lowest BCUT2D eigenvalue weighted by Crippen LogP contribution is -2.40. The van der Waals surface area contributed by atoms with Crippen LogP contribution in [0.15, 0.2) is 12.3 Å². The molecule has 0 aliphatic carbocycles. The standard InChI is InChI=1S/C13H24N4/c1-11(2)17-9-6-13(15-17)10-16-7-4-12(14-3)5-8-16/h6,9,11-12,14H,4-5,7-8,10H2,1-3H3. The number of hydrogen-bond acceptors (Lipinski definition) is 3. The highest BCUT2D eigenvalue weighted by atomic mass is 15.3. The zero-order valence-electron chi connectivity index (χ0n) is 11.2. The van der Waals surface area contributed by atoms with Gasteiger partial charge in [-0.2, -0.15) is 5.10 Å². The van der Waals surface area contributed by atoms with E-state index in [-0.39, 0.29) is 0 Å². The highest BCUT2D eigenvalue weighted by molar-refractivity contribution is 5.00. The fraction of sp³-hybridized carbons (Fsp3) is 0.769. The molecule has 1 aliphatic heterocycles. The van der Waals surface area contributed by atoms with Gasteiger partial charge in [-0.15, -0.1) is 0 Å². The van der Waals surface area contributed by atoms with Gasteiger partial charge in [0.05, 0.1) is 5.69 Å². The summed E-state index contributed by atoms with van der Waals surface area (Å²) in [6.07, 6.45) is 4.59. The third-order valence-corrected chi connectivity index (χ3v) is 3.57. The lowest BCUT2D eigenvalue weighted by Gasteiger charge is -2.31. The molecule has 0 amide bonds. The number of nitrogens with one attached hydrogen (secondary N) is 1. The molecule has 0 radical (unpaired) electrons. The number of nitrogens with zero attached hydrogens (tertiary/aromatic N) is 3. The van der Waals surface area contributed by atoms with Gasteiger partial charge in [-0.3, -0.25) is 9.58 Å². The van der Waals surface area contributed by atoms with Crippen LogP contribution in [0.25, 0.3) is 0 Å². The van der Waals surface area contributed by atoms with Crippen LogP contribution in [0, 0.1) is 0 Å². The number of piperidine rings is 1. The molecule has 4 heteroatoms. The predicted octanol–water partition coefficient (Wildman–Crippen LogP) is 1.65. The van der Waals surface area contributed by atoms with Gasteiger partial charge in [-0.25, -0.2) is 0 Å². The highest BCUT2D eigenvalue weighted by Crippen LogP contribution is 2.13. The fourth-order valence-electron chi connectivity index (χ4n) is 2.36. The maximum atomic E-state index is 4.60. The van der Waals surface area contributed by atoms with Crippen molar-refractivity contribution in [3.8, 4) is 0 Å². The molecular weight excluding hydrogens is 212 g/mol. The molecule has 2 rings (SSSR count). The molecule has 2 heterocycles. The normalized spacial score (nSPS) is 19.1. The van der Waals surface area contributed by atoms with Crippen LogP contribution in [0.1, 0.15) is 38.4 Å². The zero-order chi connectivity index (χ0) is 12.3. The SMILES string of the molecule is CNC1CCN(Cc2ccn(C(C)C)n2)CC1. The van der Waals surface area contributed by atoms with Crippen LogP contribution in [0.4, 0.5) is 0 Å². The number of likely N-dealkylation sites (tertiary alicyclic amines) is 1. The van der Waals surface area contributed by atoms with Crippen molar-refractivity contribution in [2.24, 2.45) is 0 Å². The second-order valence-electron chi connectivity index (χ2n) is 5.22. The Bertz CT molecular complexity index is 337. The molecule has 1 aromatic heterocycles. The Balaban J connectivity index is 1.84. The second kappa shape index (κ2) is 5.65. The Kier molecular flexibility index (Phi) is 4.18. The Hall–Kier alpha value is -0.870. The second-order valence-corrected chi connectivity index (χ2v) is 5.22. The van der Waals surface area contributed by atoms with Crippen molar-refractivity contribution in [2.45, 2.75) is 45.3 Å². The van der Waals surface area contributed by atoms with Crippen molar-refractivity contribution in [3.63, 3.8) is 0 Å². The molecule has 1 saturated heterocycles. The first kappa shape index (κ1) is 12.6. The van der Waals surface area contributed by atoms with Gasteiger partial charge in [0.25, 0.3) is 0 Å². The molecule has 1 N–H and O–H groups in total. The minimum absolute atomic E-state index is 0.457. The smallest absolute Gasteiger partial charge is 0.0764 e. The number of hydrogen-bond donors (Lipinski definition) is 1. The Morgan fingerprint density at radius 3 is 2.65 bits per heavy atom. The van der Waals surface area contributed by atoms with Crippen LogP contribution in [0.2, 0.25) is 0 Å². The van der Waals surface area contributed by atoms with Crippen molar-refractivity contribution in [3.05, 3.63) is 18.0 Å². The summed E-state index contributed by atoms with van der Waals surface area (Å²) < 4.78 is 2.04. The van der Waals surface area contributed by atoms with Crippen molar-refractivity contribution < 1.29 is 0 Å².